The molecule has 0 amide bonds. The van der Waals surface area contributed by atoms with Crippen LogP contribution in [0.3, 0.4) is 0 Å². The van der Waals surface area contributed by atoms with Crippen LogP contribution in [-0.4, -0.2) is 20.1 Å². The van der Waals surface area contributed by atoms with Gasteiger partial charge in [-0.15, -0.1) is 0 Å². The summed E-state index contributed by atoms with van der Waals surface area (Å²) in [6.45, 7) is 5.14. The van der Waals surface area contributed by atoms with Gasteiger partial charge in [-0.05, 0) is 32.0 Å². The van der Waals surface area contributed by atoms with Crippen LogP contribution >= 0.6 is 0 Å². The number of fused-ring (bicyclic) bond motifs is 1. The standard InChI is InChI=1S/C15H15N3O2/c1-9-17-12-5-4-10(8-13(12)20-9)11-6-7-16-14(18-11)15(2,3)19/h4-8,19H,1-3H3. The number of aromatic nitrogens is 3. The predicted octanol–water partition coefficient (Wildman–Crippen LogP) is 2.82. The first-order valence-corrected chi connectivity index (χ1v) is 6.37. The molecule has 0 radical (unpaired) electrons. The van der Waals surface area contributed by atoms with Gasteiger partial charge in [0.25, 0.3) is 0 Å². The minimum atomic E-state index is -1.07. The lowest BCUT2D eigenvalue weighted by molar-refractivity contribution is 0.0688. The first kappa shape index (κ1) is 12.7. The van der Waals surface area contributed by atoms with Crippen LogP contribution in [0.2, 0.25) is 0 Å². The molecule has 20 heavy (non-hydrogen) atoms. The SMILES string of the molecule is Cc1nc2ccc(-c3ccnc(C(C)(C)O)n3)cc2o1. The van der Waals surface area contributed by atoms with Gasteiger partial charge in [-0.1, -0.05) is 6.07 Å². The molecule has 2 heterocycles. The summed E-state index contributed by atoms with van der Waals surface area (Å²) in [7, 11) is 0. The summed E-state index contributed by atoms with van der Waals surface area (Å²) in [4.78, 5) is 12.8. The van der Waals surface area contributed by atoms with Crippen molar-refractivity contribution >= 4 is 11.1 Å². The fraction of sp³-hybridized carbons (Fsp3) is 0.267. The van der Waals surface area contributed by atoms with Crippen molar-refractivity contribution in [1.29, 1.82) is 0 Å². The van der Waals surface area contributed by atoms with Crippen LogP contribution in [-0.2, 0) is 5.60 Å². The summed E-state index contributed by atoms with van der Waals surface area (Å²) in [6.07, 6.45) is 1.64. The van der Waals surface area contributed by atoms with Crippen molar-refractivity contribution in [3.05, 3.63) is 42.2 Å². The Bertz CT molecular complexity index is 772. The Hall–Kier alpha value is -2.27. The van der Waals surface area contributed by atoms with Crippen molar-refractivity contribution in [2.75, 3.05) is 0 Å². The number of hydrogen-bond donors (Lipinski definition) is 1. The van der Waals surface area contributed by atoms with Crippen LogP contribution in [0.15, 0.2) is 34.9 Å². The zero-order valence-corrected chi connectivity index (χ0v) is 11.6. The maximum atomic E-state index is 9.98. The molecule has 0 spiro atoms. The zero-order valence-electron chi connectivity index (χ0n) is 11.6. The quantitative estimate of drug-likeness (QED) is 0.774. The minimum absolute atomic E-state index is 0.392. The van der Waals surface area contributed by atoms with E-state index in [9.17, 15) is 5.11 Å². The minimum Gasteiger partial charge on any atom is -0.441 e. The van der Waals surface area contributed by atoms with Crippen LogP contribution in [0, 0.1) is 6.92 Å². The van der Waals surface area contributed by atoms with Crippen LogP contribution in [0.1, 0.15) is 25.6 Å². The molecule has 0 aliphatic rings. The van der Waals surface area contributed by atoms with E-state index in [4.69, 9.17) is 4.42 Å². The molecule has 3 aromatic rings. The second-order valence-electron chi connectivity index (χ2n) is 5.24. The first-order chi connectivity index (χ1) is 9.43. The van der Waals surface area contributed by atoms with E-state index in [0.717, 1.165) is 22.4 Å². The summed E-state index contributed by atoms with van der Waals surface area (Å²) in [5.41, 5.74) is 2.13. The highest BCUT2D eigenvalue weighted by molar-refractivity contribution is 5.79. The summed E-state index contributed by atoms with van der Waals surface area (Å²) in [5.74, 6) is 1.03. The summed E-state index contributed by atoms with van der Waals surface area (Å²) in [6, 6.07) is 7.53. The Morgan fingerprint density at radius 3 is 2.70 bits per heavy atom. The lowest BCUT2D eigenvalue weighted by Gasteiger charge is -2.15. The highest BCUT2D eigenvalue weighted by Gasteiger charge is 2.20. The van der Waals surface area contributed by atoms with Crippen LogP contribution in [0.5, 0.6) is 0 Å². The van der Waals surface area contributed by atoms with Crippen molar-refractivity contribution in [3.8, 4) is 11.3 Å². The first-order valence-electron chi connectivity index (χ1n) is 6.37. The van der Waals surface area contributed by atoms with Gasteiger partial charge in [0.15, 0.2) is 17.3 Å². The number of oxazole rings is 1. The number of aryl methyl sites for hydroxylation is 1. The third-order valence-electron chi connectivity index (χ3n) is 2.99. The number of benzene rings is 1. The fourth-order valence-corrected chi connectivity index (χ4v) is 2.01. The van der Waals surface area contributed by atoms with E-state index in [0.29, 0.717) is 11.7 Å². The highest BCUT2D eigenvalue weighted by Crippen LogP contribution is 2.25. The van der Waals surface area contributed by atoms with E-state index in [1.807, 2.05) is 25.1 Å². The molecular weight excluding hydrogens is 254 g/mol. The highest BCUT2D eigenvalue weighted by atomic mass is 16.3. The van der Waals surface area contributed by atoms with Crippen molar-refractivity contribution in [2.24, 2.45) is 0 Å². The number of aliphatic hydroxyl groups is 1. The largest absolute Gasteiger partial charge is 0.441 e. The molecule has 0 fully saturated rings. The zero-order chi connectivity index (χ0) is 14.3. The molecule has 102 valence electrons. The Morgan fingerprint density at radius 2 is 1.95 bits per heavy atom. The van der Waals surface area contributed by atoms with E-state index in [-0.39, 0.29) is 0 Å². The molecule has 0 aliphatic carbocycles. The predicted molar refractivity (Wildman–Crippen MR) is 75.0 cm³/mol. The van der Waals surface area contributed by atoms with Gasteiger partial charge < -0.3 is 9.52 Å². The number of nitrogens with zero attached hydrogens (tertiary/aromatic N) is 3. The third kappa shape index (κ3) is 2.28. The second kappa shape index (κ2) is 4.38. The van der Waals surface area contributed by atoms with Gasteiger partial charge in [-0.25, -0.2) is 15.0 Å². The summed E-state index contributed by atoms with van der Waals surface area (Å²) < 4.78 is 5.52. The normalized spacial score (nSPS) is 12.0. The van der Waals surface area contributed by atoms with E-state index < -0.39 is 5.60 Å². The van der Waals surface area contributed by atoms with Crippen LogP contribution < -0.4 is 0 Å². The van der Waals surface area contributed by atoms with Crippen molar-refractivity contribution in [2.45, 2.75) is 26.4 Å². The van der Waals surface area contributed by atoms with Gasteiger partial charge in [-0.3, -0.25) is 0 Å². The topological polar surface area (TPSA) is 72.0 Å². The van der Waals surface area contributed by atoms with Gasteiger partial charge in [0.1, 0.15) is 11.1 Å². The van der Waals surface area contributed by atoms with E-state index in [1.54, 1.807) is 26.1 Å². The third-order valence-corrected chi connectivity index (χ3v) is 2.99. The maximum Gasteiger partial charge on any atom is 0.192 e. The van der Waals surface area contributed by atoms with Gasteiger partial charge in [0.2, 0.25) is 0 Å². The Balaban J connectivity index is 2.10. The van der Waals surface area contributed by atoms with Crippen LogP contribution in [0.25, 0.3) is 22.4 Å². The number of hydrogen-bond acceptors (Lipinski definition) is 5. The molecule has 1 aromatic carbocycles. The second-order valence-corrected chi connectivity index (χ2v) is 5.24. The van der Waals surface area contributed by atoms with Gasteiger partial charge in [0, 0.05) is 18.7 Å². The van der Waals surface area contributed by atoms with Crippen LogP contribution in [0.4, 0.5) is 0 Å². The summed E-state index contributed by atoms with van der Waals surface area (Å²) in [5, 5.41) is 9.98. The van der Waals surface area contributed by atoms with Gasteiger partial charge in [0.05, 0.1) is 5.69 Å². The van der Waals surface area contributed by atoms with Crippen molar-refractivity contribution in [1.82, 2.24) is 15.0 Å². The maximum absolute atomic E-state index is 9.98. The molecule has 0 bridgehead atoms. The number of rotatable bonds is 2. The fourth-order valence-electron chi connectivity index (χ4n) is 2.01. The van der Waals surface area contributed by atoms with Gasteiger partial charge >= 0.3 is 0 Å². The van der Waals surface area contributed by atoms with Crippen molar-refractivity contribution in [3.63, 3.8) is 0 Å². The molecule has 0 aliphatic heterocycles. The molecule has 0 atom stereocenters. The molecule has 2 aromatic heterocycles. The van der Waals surface area contributed by atoms with E-state index in [2.05, 4.69) is 15.0 Å². The average molecular weight is 269 g/mol. The lowest BCUT2D eigenvalue weighted by Crippen LogP contribution is -2.19. The Labute approximate surface area is 116 Å². The molecule has 5 heteroatoms. The Kier molecular flexibility index (Phi) is 2.79. The molecule has 1 N–H and O–H groups in total. The Morgan fingerprint density at radius 1 is 1.15 bits per heavy atom. The molecule has 0 saturated heterocycles. The average Bonchev–Trinajstić information content (AvgIpc) is 2.77. The molecular formula is C15H15N3O2. The lowest BCUT2D eigenvalue weighted by atomic mass is 10.1. The molecule has 5 nitrogen and oxygen atoms in total. The molecule has 0 unspecified atom stereocenters. The monoisotopic (exact) mass is 269 g/mol. The van der Waals surface area contributed by atoms with Gasteiger partial charge in [-0.2, -0.15) is 0 Å². The smallest absolute Gasteiger partial charge is 0.192 e. The summed E-state index contributed by atoms with van der Waals surface area (Å²) >= 11 is 0. The van der Waals surface area contributed by atoms with E-state index >= 15 is 0 Å². The van der Waals surface area contributed by atoms with E-state index in [1.165, 1.54) is 0 Å². The molecule has 3 rings (SSSR count). The van der Waals surface area contributed by atoms with Crippen molar-refractivity contribution < 1.29 is 9.52 Å². The molecule has 0 saturated carbocycles.